The summed E-state index contributed by atoms with van der Waals surface area (Å²) in [4.78, 5) is 2.02. The van der Waals surface area contributed by atoms with Crippen LogP contribution in [0.25, 0.3) is 0 Å². The van der Waals surface area contributed by atoms with Gasteiger partial charge in [-0.2, -0.15) is 13.2 Å². The molecule has 2 N–H and O–H groups in total. The molecule has 1 aromatic rings. The first-order valence-electron chi connectivity index (χ1n) is 6.35. The van der Waals surface area contributed by atoms with Gasteiger partial charge in [0, 0.05) is 18.6 Å². The highest BCUT2D eigenvalue weighted by Gasteiger charge is 2.29. The van der Waals surface area contributed by atoms with Crippen LogP contribution in [0.3, 0.4) is 0 Å². The number of halogens is 4. The summed E-state index contributed by atoms with van der Waals surface area (Å²) < 4.78 is 42.5. The fourth-order valence-electron chi connectivity index (χ4n) is 1.83. The Bertz CT molecular complexity index is 416. The van der Waals surface area contributed by atoms with E-state index in [0.717, 1.165) is 12.1 Å². The summed E-state index contributed by atoms with van der Waals surface area (Å²) in [5, 5.41) is 0. The molecule has 122 valence electrons. The van der Waals surface area contributed by atoms with Gasteiger partial charge in [0.1, 0.15) is 12.4 Å². The molecule has 0 aliphatic carbocycles. The molecule has 0 aliphatic heterocycles. The molecule has 0 radical (unpaired) electrons. The highest BCUT2D eigenvalue weighted by Crippen LogP contribution is 2.30. The number of likely N-dealkylation sites (N-methyl/N-ethyl adjacent to an activating group) is 1. The normalized spacial score (nSPS) is 12.2. The van der Waals surface area contributed by atoms with Crippen LogP contribution in [0.15, 0.2) is 24.3 Å². The molecule has 0 amide bonds. The van der Waals surface area contributed by atoms with Crippen molar-refractivity contribution in [2.45, 2.75) is 25.6 Å². The average Bonchev–Trinajstić information content (AvgIpc) is 2.26. The number of hydrogen-bond acceptors (Lipinski definition) is 3. The maximum atomic E-state index is 12.4. The molecule has 0 aromatic heterocycles. The first-order chi connectivity index (χ1) is 9.08. The number of nitrogens with zero attached hydrogens (tertiary/aromatic N) is 1. The Morgan fingerprint density at radius 2 is 1.67 bits per heavy atom. The molecular formula is C14H22ClF3N2O. The summed E-state index contributed by atoms with van der Waals surface area (Å²) in [7, 11) is 1.92. The molecule has 0 aliphatic rings. The highest BCUT2D eigenvalue weighted by atomic mass is 35.5. The van der Waals surface area contributed by atoms with Crippen molar-refractivity contribution in [1.82, 2.24) is 4.90 Å². The van der Waals surface area contributed by atoms with Crippen LogP contribution in [0.4, 0.5) is 13.2 Å². The minimum atomic E-state index is -4.31. The number of alkyl halides is 3. The average molecular weight is 327 g/mol. The summed E-state index contributed by atoms with van der Waals surface area (Å²) in [6, 6.07) is 4.69. The van der Waals surface area contributed by atoms with Gasteiger partial charge in [0.25, 0.3) is 0 Å². The molecule has 1 aromatic carbocycles. The molecule has 0 heterocycles. The molecule has 0 spiro atoms. The zero-order chi connectivity index (χ0) is 15.4. The van der Waals surface area contributed by atoms with Gasteiger partial charge in [-0.05, 0) is 45.2 Å². The molecule has 0 atom stereocenters. The van der Waals surface area contributed by atoms with Crippen molar-refractivity contribution >= 4 is 12.4 Å². The molecular weight excluding hydrogens is 305 g/mol. The van der Waals surface area contributed by atoms with Crippen molar-refractivity contribution in [1.29, 1.82) is 0 Å². The Morgan fingerprint density at radius 3 is 2.10 bits per heavy atom. The molecule has 0 saturated heterocycles. The first kappa shape index (κ1) is 20.0. The molecule has 21 heavy (non-hydrogen) atoms. The smallest absolute Gasteiger partial charge is 0.416 e. The summed E-state index contributed by atoms with van der Waals surface area (Å²) in [5.41, 5.74) is 4.92. The van der Waals surface area contributed by atoms with E-state index in [1.165, 1.54) is 12.1 Å². The summed E-state index contributed by atoms with van der Waals surface area (Å²) in [6.07, 6.45) is -4.31. The topological polar surface area (TPSA) is 38.5 Å². The highest BCUT2D eigenvalue weighted by molar-refractivity contribution is 5.85. The van der Waals surface area contributed by atoms with Crippen molar-refractivity contribution in [3.8, 4) is 5.75 Å². The molecule has 7 heteroatoms. The Kier molecular flexibility index (Phi) is 7.50. The molecule has 0 fully saturated rings. The maximum Gasteiger partial charge on any atom is 0.416 e. The first-order valence-corrected chi connectivity index (χ1v) is 6.35. The van der Waals surface area contributed by atoms with Crippen molar-refractivity contribution in [3.05, 3.63) is 29.8 Å². The third-order valence-electron chi connectivity index (χ3n) is 2.60. The second kappa shape index (κ2) is 7.87. The quantitative estimate of drug-likeness (QED) is 0.872. The minimum Gasteiger partial charge on any atom is -0.492 e. The predicted molar refractivity (Wildman–Crippen MR) is 80.0 cm³/mol. The fourth-order valence-corrected chi connectivity index (χ4v) is 1.83. The number of rotatable bonds is 6. The van der Waals surface area contributed by atoms with E-state index in [2.05, 4.69) is 0 Å². The Labute approximate surface area is 129 Å². The van der Waals surface area contributed by atoms with Crippen LogP contribution in [0, 0.1) is 0 Å². The van der Waals surface area contributed by atoms with Crippen molar-refractivity contribution in [3.63, 3.8) is 0 Å². The lowest BCUT2D eigenvalue weighted by Gasteiger charge is -2.26. The van der Waals surface area contributed by atoms with Gasteiger partial charge in [0.2, 0.25) is 0 Å². The largest absolute Gasteiger partial charge is 0.492 e. The van der Waals surface area contributed by atoms with Gasteiger partial charge in [-0.15, -0.1) is 12.4 Å². The predicted octanol–water partition coefficient (Wildman–Crippen LogP) is 3.18. The Balaban J connectivity index is 0.00000400. The lowest BCUT2D eigenvalue weighted by Crippen LogP contribution is -2.44. The van der Waals surface area contributed by atoms with E-state index >= 15 is 0 Å². The standard InChI is InChI=1S/C14H21F3N2O.ClH/c1-13(2,18)10-19(3)8-9-20-12-6-4-11(5-7-12)14(15,16)17;/h4-7H,8-10,18H2,1-3H3;1H. The van der Waals surface area contributed by atoms with Crippen molar-refractivity contribution in [2.75, 3.05) is 26.7 Å². The van der Waals surface area contributed by atoms with E-state index in [9.17, 15) is 13.2 Å². The maximum absolute atomic E-state index is 12.4. The van der Waals surface area contributed by atoms with Gasteiger partial charge in [-0.3, -0.25) is 0 Å². The van der Waals surface area contributed by atoms with E-state index in [-0.39, 0.29) is 17.9 Å². The zero-order valence-corrected chi connectivity index (χ0v) is 13.2. The number of benzene rings is 1. The molecule has 0 saturated carbocycles. The second-order valence-electron chi connectivity index (χ2n) is 5.60. The minimum absolute atomic E-state index is 0. The molecule has 0 unspecified atom stereocenters. The van der Waals surface area contributed by atoms with Crippen molar-refractivity contribution in [2.24, 2.45) is 5.73 Å². The van der Waals surface area contributed by atoms with Gasteiger partial charge in [0.15, 0.2) is 0 Å². The molecule has 0 bridgehead atoms. The van der Waals surface area contributed by atoms with Gasteiger partial charge in [0.05, 0.1) is 5.56 Å². The van der Waals surface area contributed by atoms with Gasteiger partial charge in [-0.1, -0.05) is 0 Å². The van der Waals surface area contributed by atoms with Crippen LogP contribution in [0.2, 0.25) is 0 Å². The lowest BCUT2D eigenvalue weighted by molar-refractivity contribution is -0.137. The van der Waals surface area contributed by atoms with E-state index in [1.54, 1.807) is 0 Å². The number of nitrogens with two attached hydrogens (primary N) is 1. The lowest BCUT2D eigenvalue weighted by atomic mass is 10.1. The number of ether oxygens (including phenoxy) is 1. The van der Waals surface area contributed by atoms with E-state index in [0.29, 0.717) is 25.4 Å². The van der Waals surface area contributed by atoms with Crippen LogP contribution >= 0.6 is 12.4 Å². The van der Waals surface area contributed by atoms with Crippen LogP contribution in [0.5, 0.6) is 5.75 Å². The van der Waals surface area contributed by atoms with Gasteiger partial charge >= 0.3 is 6.18 Å². The summed E-state index contributed by atoms with van der Waals surface area (Å²) in [5.74, 6) is 0.429. The zero-order valence-electron chi connectivity index (χ0n) is 12.4. The van der Waals surface area contributed by atoms with Gasteiger partial charge < -0.3 is 15.4 Å². The van der Waals surface area contributed by atoms with Crippen molar-refractivity contribution < 1.29 is 17.9 Å². The van der Waals surface area contributed by atoms with Crippen LogP contribution < -0.4 is 10.5 Å². The second-order valence-corrected chi connectivity index (χ2v) is 5.60. The summed E-state index contributed by atoms with van der Waals surface area (Å²) >= 11 is 0. The van der Waals surface area contributed by atoms with Crippen LogP contribution in [0.1, 0.15) is 19.4 Å². The number of hydrogen-bond donors (Lipinski definition) is 1. The summed E-state index contributed by atoms with van der Waals surface area (Å²) in [6.45, 7) is 5.63. The monoisotopic (exact) mass is 326 g/mol. The molecule has 3 nitrogen and oxygen atoms in total. The third-order valence-corrected chi connectivity index (χ3v) is 2.60. The van der Waals surface area contributed by atoms with Crippen LogP contribution in [-0.4, -0.2) is 37.2 Å². The third kappa shape index (κ3) is 8.14. The van der Waals surface area contributed by atoms with E-state index < -0.39 is 11.7 Å². The van der Waals surface area contributed by atoms with E-state index in [1.807, 2.05) is 25.8 Å². The fraction of sp³-hybridized carbons (Fsp3) is 0.571. The Hall–Kier alpha value is -0.980. The molecule has 1 rings (SSSR count). The van der Waals surface area contributed by atoms with Gasteiger partial charge in [-0.25, -0.2) is 0 Å². The Morgan fingerprint density at radius 1 is 1.14 bits per heavy atom. The SMILES string of the molecule is CN(CCOc1ccc(C(F)(F)F)cc1)CC(C)(C)N.Cl. The van der Waals surface area contributed by atoms with E-state index in [4.69, 9.17) is 10.5 Å². The van der Waals surface area contributed by atoms with Crippen LogP contribution in [-0.2, 0) is 6.18 Å².